The number of nitrogens with zero attached hydrogens (tertiary/aromatic N) is 3. The summed E-state index contributed by atoms with van der Waals surface area (Å²) in [7, 11) is 0. The average Bonchev–Trinajstić information content (AvgIpc) is 3.03. The van der Waals surface area contributed by atoms with Gasteiger partial charge in [-0.1, -0.05) is 35.5 Å². The van der Waals surface area contributed by atoms with Gasteiger partial charge in [-0.05, 0) is 12.2 Å². The standard InChI is InChI=1S/C12H10N4OS/c18-12-15-14-11(9-4-2-1-3-5-9)16(12)8-10-6-7-13-17-10/h1-7H,8H2,(H,15,18). The second-order valence-electron chi connectivity index (χ2n) is 3.78. The van der Waals surface area contributed by atoms with Crippen LogP contribution in [-0.2, 0) is 6.54 Å². The summed E-state index contributed by atoms with van der Waals surface area (Å²) in [6, 6.07) is 11.7. The Morgan fingerprint density at radius 1 is 1.22 bits per heavy atom. The number of aromatic nitrogens is 4. The number of nitrogens with one attached hydrogen (secondary N) is 1. The number of aromatic amines is 1. The minimum absolute atomic E-state index is 0.513. The van der Waals surface area contributed by atoms with Gasteiger partial charge >= 0.3 is 0 Å². The van der Waals surface area contributed by atoms with Crippen LogP contribution in [-0.4, -0.2) is 19.9 Å². The first-order chi connectivity index (χ1) is 8.84. The van der Waals surface area contributed by atoms with E-state index in [1.807, 2.05) is 41.0 Å². The summed E-state index contributed by atoms with van der Waals surface area (Å²) in [4.78, 5) is 0. The van der Waals surface area contributed by atoms with Crippen molar-refractivity contribution in [1.82, 2.24) is 19.9 Å². The van der Waals surface area contributed by atoms with Gasteiger partial charge in [0, 0.05) is 11.6 Å². The third-order valence-corrected chi connectivity index (χ3v) is 2.91. The minimum Gasteiger partial charge on any atom is -0.359 e. The van der Waals surface area contributed by atoms with Crippen LogP contribution in [0.5, 0.6) is 0 Å². The second-order valence-corrected chi connectivity index (χ2v) is 4.17. The molecule has 1 N–H and O–H groups in total. The van der Waals surface area contributed by atoms with Crippen molar-refractivity contribution >= 4 is 12.2 Å². The maximum absolute atomic E-state index is 5.23. The SMILES string of the molecule is S=c1[nH]nc(-c2ccccc2)n1Cc1ccno1. The molecule has 0 saturated heterocycles. The van der Waals surface area contributed by atoms with Crippen LogP contribution in [0.25, 0.3) is 11.4 Å². The number of benzene rings is 1. The first-order valence-electron chi connectivity index (χ1n) is 5.45. The van der Waals surface area contributed by atoms with E-state index in [4.69, 9.17) is 16.7 Å². The first-order valence-corrected chi connectivity index (χ1v) is 5.85. The Labute approximate surface area is 108 Å². The second kappa shape index (κ2) is 4.58. The molecule has 5 nitrogen and oxygen atoms in total. The molecule has 0 amide bonds. The molecule has 2 heterocycles. The van der Waals surface area contributed by atoms with Crippen molar-refractivity contribution in [3.63, 3.8) is 0 Å². The highest BCUT2D eigenvalue weighted by atomic mass is 32.1. The van der Waals surface area contributed by atoms with Crippen LogP contribution in [0, 0.1) is 4.77 Å². The van der Waals surface area contributed by atoms with Crippen LogP contribution in [0.4, 0.5) is 0 Å². The Morgan fingerprint density at radius 2 is 2.06 bits per heavy atom. The van der Waals surface area contributed by atoms with E-state index in [9.17, 15) is 0 Å². The lowest BCUT2D eigenvalue weighted by molar-refractivity contribution is 0.376. The predicted octanol–water partition coefficient (Wildman–Crippen LogP) is 2.64. The summed E-state index contributed by atoms with van der Waals surface area (Å²) in [6.07, 6.45) is 1.61. The molecule has 90 valence electrons. The highest BCUT2D eigenvalue weighted by molar-refractivity contribution is 7.71. The fourth-order valence-corrected chi connectivity index (χ4v) is 1.95. The highest BCUT2D eigenvalue weighted by Gasteiger charge is 2.10. The number of hydrogen-bond donors (Lipinski definition) is 1. The minimum atomic E-state index is 0.513. The molecule has 0 aliphatic rings. The Kier molecular flexibility index (Phi) is 2.77. The van der Waals surface area contributed by atoms with Crippen LogP contribution in [0.1, 0.15) is 5.76 Å². The zero-order valence-corrected chi connectivity index (χ0v) is 10.2. The van der Waals surface area contributed by atoms with E-state index in [-0.39, 0.29) is 0 Å². The smallest absolute Gasteiger partial charge is 0.195 e. The van der Waals surface area contributed by atoms with Crippen LogP contribution >= 0.6 is 12.2 Å². The van der Waals surface area contributed by atoms with Gasteiger partial charge in [-0.15, -0.1) is 0 Å². The van der Waals surface area contributed by atoms with Crippen molar-refractivity contribution < 1.29 is 4.52 Å². The zero-order chi connectivity index (χ0) is 12.4. The van der Waals surface area contributed by atoms with Gasteiger partial charge in [0.1, 0.15) is 0 Å². The molecule has 0 bridgehead atoms. The lowest BCUT2D eigenvalue weighted by atomic mass is 10.2. The Hall–Kier alpha value is -2.21. The molecule has 3 aromatic rings. The number of rotatable bonds is 3. The maximum atomic E-state index is 5.23. The molecule has 2 aromatic heterocycles. The van der Waals surface area contributed by atoms with Crippen molar-refractivity contribution in [2.45, 2.75) is 6.54 Å². The predicted molar refractivity (Wildman–Crippen MR) is 68.5 cm³/mol. The van der Waals surface area contributed by atoms with Gasteiger partial charge in [-0.2, -0.15) is 5.10 Å². The topological polar surface area (TPSA) is 59.6 Å². The van der Waals surface area contributed by atoms with Crippen molar-refractivity contribution in [1.29, 1.82) is 0 Å². The molecule has 0 fully saturated rings. The monoisotopic (exact) mass is 258 g/mol. The van der Waals surface area contributed by atoms with Crippen molar-refractivity contribution in [2.75, 3.05) is 0 Å². The van der Waals surface area contributed by atoms with Crippen LogP contribution < -0.4 is 0 Å². The molecule has 0 unspecified atom stereocenters. The third kappa shape index (κ3) is 1.98. The molecular weight excluding hydrogens is 248 g/mol. The van der Waals surface area contributed by atoms with Crippen LogP contribution in [0.15, 0.2) is 47.1 Å². The molecule has 0 atom stereocenters. The Morgan fingerprint density at radius 3 is 2.78 bits per heavy atom. The molecular formula is C12H10N4OS. The molecule has 1 aromatic carbocycles. The van der Waals surface area contributed by atoms with E-state index in [0.29, 0.717) is 11.3 Å². The molecule has 0 radical (unpaired) electrons. The van der Waals surface area contributed by atoms with E-state index in [0.717, 1.165) is 17.1 Å². The lowest BCUT2D eigenvalue weighted by Crippen LogP contribution is -2.01. The van der Waals surface area contributed by atoms with E-state index < -0.39 is 0 Å². The van der Waals surface area contributed by atoms with Crippen molar-refractivity contribution in [2.24, 2.45) is 0 Å². The summed E-state index contributed by atoms with van der Waals surface area (Å²) < 4.78 is 7.53. The summed E-state index contributed by atoms with van der Waals surface area (Å²) in [5.74, 6) is 1.53. The third-order valence-electron chi connectivity index (χ3n) is 2.60. The molecule has 0 spiro atoms. The molecule has 6 heteroatoms. The van der Waals surface area contributed by atoms with E-state index in [1.165, 1.54) is 0 Å². The summed E-state index contributed by atoms with van der Waals surface area (Å²) in [6.45, 7) is 0.513. The largest absolute Gasteiger partial charge is 0.359 e. The quantitative estimate of drug-likeness (QED) is 0.734. The number of H-pyrrole nitrogens is 1. The molecule has 0 aliphatic heterocycles. The van der Waals surface area contributed by atoms with Gasteiger partial charge in [0.2, 0.25) is 0 Å². The summed E-state index contributed by atoms with van der Waals surface area (Å²) in [5.41, 5.74) is 1.00. The molecule has 3 rings (SSSR count). The van der Waals surface area contributed by atoms with Gasteiger partial charge in [-0.25, -0.2) is 0 Å². The fraction of sp³-hybridized carbons (Fsp3) is 0.0833. The van der Waals surface area contributed by atoms with E-state index in [1.54, 1.807) is 6.20 Å². The van der Waals surface area contributed by atoms with Gasteiger partial charge in [0.05, 0.1) is 12.7 Å². The Balaban J connectivity index is 2.04. The lowest BCUT2D eigenvalue weighted by Gasteiger charge is -2.03. The zero-order valence-electron chi connectivity index (χ0n) is 9.41. The molecule has 0 aliphatic carbocycles. The first kappa shape index (κ1) is 10.9. The van der Waals surface area contributed by atoms with Gasteiger partial charge in [0.25, 0.3) is 0 Å². The maximum Gasteiger partial charge on any atom is 0.195 e. The number of hydrogen-bond acceptors (Lipinski definition) is 4. The Bertz CT molecular complexity index is 684. The highest BCUT2D eigenvalue weighted by Crippen LogP contribution is 2.17. The average molecular weight is 258 g/mol. The summed E-state index contributed by atoms with van der Waals surface area (Å²) >= 11 is 5.23. The van der Waals surface area contributed by atoms with Crippen molar-refractivity contribution in [3.8, 4) is 11.4 Å². The summed E-state index contributed by atoms with van der Waals surface area (Å²) in [5, 5.41) is 10.7. The van der Waals surface area contributed by atoms with E-state index >= 15 is 0 Å². The van der Waals surface area contributed by atoms with Crippen molar-refractivity contribution in [3.05, 3.63) is 53.1 Å². The molecule has 0 saturated carbocycles. The van der Waals surface area contributed by atoms with Gasteiger partial charge in [0.15, 0.2) is 16.4 Å². The van der Waals surface area contributed by atoms with Gasteiger partial charge in [-0.3, -0.25) is 9.67 Å². The van der Waals surface area contributed by atoms with Crippen LogP contribution in [0.2, 0.25) is 0 Å². The molecule has 18 heavy (non-hydrogen) atoms. The van der Waals surface area contributed by atoms with Crippen LogP contribution in [0.3, 0.4) is 0 Å². The van der Waals surface area contributed by atoms with Gasteiger partial charge < -0.3 is 4.52 Å². The fourth-order valence-electron chi connectivity index (χ4n) is 1.75. The normalized spacial score (nSPS) is 10.7. The van der Waals surface area contributed by atoms with E-state index in [2.05, 4.69) is 15.4 Å².